The monoisotopic (exact) mass is 335 g/mol. The van der Waals surface area contributed by atoms with E-state index < -0.39 is 28.7 Å². The van der Waals surface area contributed by atoms with Crippen molar-refractivity contribution in [2.24, 2.45) is 0 Å². The second kappa shape index (κ2) is 8.56. The van der Waals surface area contributed by atoms with Crippen LogP contribution in [0.25, 0.3) is 0 Å². The summed E-state index contributed by atoms with van der Waals surface area (Å²) in [4.78, 5) is 44.7. The van der Waals surface area contributed by atoms with E-state index in [0.29, 0.717) is 12.7 Å². The molecule has 128 valence electrons. The first-order valence-electron chi connectivity index (χ1n) is 7.12. The second-order valence-electron chi connectivity index (χ2n) is 4.99. The molecule has 0 aromatic heterocycles. The molecule has 8 heteroatoms. The Morgan fingerprint density at radius 2 is 2.08 bits per heavy atom. The minimum Gasteiger partial charge on any atom is -0.447 e. The number of rotatable bonds is 8. The first-order chi connectivity index (χ1) is 11.3. The van der Waals surface area contributed by atoms with Crippen LogP contribution in [-0.4, -0.2) is 29.3 Å². The Labute approximate surface area is 138 Å². The lowest BCUT2D eigenvalue weighted by Gasteiger charge is -2.16. The summed E-state index contributed by atoms with van der Waals surface area (Å²) in [7, 11) is 0. The van der Waals surface area contributed by atoms with Gasteiger partial charge in [-0.2, -0.15) is 0 Å². The van der Waals surface area contributed by atoms with Crippen molar-refractivity contribution in [3.05, 3.63) is 46.0 Å². The number of nitro groups is 1. The van der Waals surface area contributed by atoms with Crippen LogP contribution in [0.4, 0.5) is 5.69 Å². The summed E-state index contributed by atoms with van der Waals surface area (Å²) >= 11 is 0. The van der Waals surface area contributed by atoms with Crippen molar-refractivity contribution in [3.8, 4) is 5.75 Å². The molecular weight excluding hydrogens is 318 g/mol. The molecule has 1 aromatic rings. The van der Waals surface area contributed by atoms with E-state index in [2.05, 4.69) is 6.58 Å². The van der Waals surface area contributed by atoms with Gasteiger partial charge in [0.25, 0.3) is 0 Å². The molecule has 0 heterocycles. The minimum atomic E-state index is -1.20. The maximum atomic E-state index is 12.2. The number of hydrogen-bond acceptors (Lipinski definition) is 7. The van der Waals surface area contributed by atoms with Crippen LogP contribution in [0.2, 0.25) is 0 Å². The quantitative estimate of drug-likeness (QED) is 0.179. The highest BCUT2D eigenvalue weighted by Crippen LogP contribution is 2.28. The van der Waals surface area contributed by atoms with Gasteiger partial charge in [-0.3, -0.25) is 14.9 Å². The summed E-state index contributed by atoms with van der Waals surface area (Å²) in [6.07, 6.45) is -0.0507. The highest BCUT2D eigenvalue weighted by atomic mass is 16.6. The number of esters is 2. The third kappa shape index (κ3) is 5.01. The summed E-state index contributed by atoms with van der Waals surface area (Å²) in [5.41, 5.74) is -0.347. The number of nitrogens with zero attached hydrogens (tertiary/aromatic N) is 1. The Morgan fingerprint density at radius 1 is 1.42 bits per heavy atom. The summed E-state index contributed by atoms with van der Waals surface area (Å²) < 4.78 is 9.99. The topological polar surface area (TPSA) is 113 Å². The molecule has 0 N–H and O–H groups in total. The van der Waals surface area contributed by atoms with E-state index in [-0.39, 0.29) is 23.3 Å². The van der Waals surface area contributed by atoms with E-state index in [1.807, 2.05) is 0 Å². The maximum absolute atomic E-state index is 12.2. The predicted octanol–water partition coefficient (Wildman–Crippen LogP) is 2.60. The van der Waals surface area contributed by atoms with E-state index in [9.17, 15) is 24.5 Å². The zero-order valence-corrected chi connectivity index (χ0v) is 13.3. The van der Waals surface area contributed by atoms with Crippen molar-refractivity contribution in [2.45, 2.75) is 32.8 Å². The Balaban J connectivity index is 3.02. The number of carbonyl (C=O) groups excluding carboxylic acids is 3. The molecule has 0 amide bonds. The van der Waals surface area contributed by atoms with Crippen LogP contribution in [0.1, 0.15) is 37.0 Å². The van der Waals surface area contributed by atoms with Gasteiger partial charge in [-0.25, -0.2) is 9.59 Å². The van der Waals surface area contributed by atoms with E-state index >= 15 is 0 Å². The molecule has 1 aromatic carbocycles. The molecule has 0 spiro atoms. The van der Waals surface area contributed by atoms with Crippen LogP contribution in [0.3, 0.4) is 0 Å². The van der Waals surface area contributed by atoms with Gasteiger partial charge in [0.1, 0.15) is 6.29 Å². The van der Waals surface area contributed by atoms with Crippen LogP contribution in [0, 0.1) is 10.1 Å². The largest absolute Gasteiger partial charge is 0.447 e. The molecule has 0 aliphatic heterocycles. The molecule has 0 bridgehead atoms. The lowest BCUT2D eigenvalue weighted by atomic mass is 10.2. The molecule has 0 radical (unpaired) electrons. The van der Waals surface area contributed by atoms with Gasteiger partial charge in [-0.1, -0.05) is 19.9 Å². The molecule has 0 aliphatic rings. The summed E-state index contributed by atoms with van der Waals surface area (Å²) in [6, 6.07) is 3.41. The summed E-state index contributed by atoms with van der Waals surface area (Å²) in [6.45, 7) is 6.62. The number of hydrogen-bond donors (Lipinski definition) is 0. The normalized spacial score (nSPS) is 11.2. The molecule has 1 atom stereocenters. The van der Waals surface area contributed by atoms with Crippen molar-refractivity contribution in [1.29, 1.82) is 0 Å². The molecule has 1 rings (SSSR count). The van der Waals surface area contributed by atoms with E-state index in [1.165, 1.54) is 13.0 Å². The SMILES string of the molecule is C=C(C)C(=O)OC(CCC)C(=O)Oc1ccc(C=O)cc1[N+](=O)[O-]. The highest BCUT2D eigenvalue weighted by molar-refractivity contribution is 5.90. The Kier molecular flexibility index (Phi) is 6.79. The number of aldehydes is 1. The Morgan fingerprint density at radius 3 is 2.58 bits per heavy atom. The third-order valence-electron chi connectivity index (χ3n) is 2.94. The Bertz CT molecular complexity index is 681. The summed E-state index contributed by atoms with van der Waals surface area (Å²) in [5, 5.41) is 11.0. The van der Waals surface area contributed by atoms with Crippen LogP contribution in [0.5, 0.6) is 5.75 Å². The van der Waals surface area contributed by atoms with Gasteiger partial charge in [-0.05, 0) is 25.5 Å². The first kappa shape index (κ1) is 19.0. The number of benzene rings is 1. The highest BCUT2D eigenvalue weighted by Gasteiger charge is 2.27. The van der Waals surface area contributed by atoms with Crippen LogP contribution >= 0.6 is 0 Å². The maximum Gasteiger partial charge on any atom is 0.353 e. The van der Waals surface area contributed by atoms with Crippen molar-refractivity contribution < 1.29 is 28.8 Å². The fourth-order valence-electron chi connectivity index (χ4n) is 1.73. The summed E-state index contributed by atoms with van der Waals surface area (Å²) in [5.74, 6) is -2.02. The molecule has 0 saturated carbocycles. The molecule has 0 saturated heterocycles. The zero-order chi connectivity index (χ0) is 18.3. The van der Waals surface area contributed by atoms with E-state index in [4.69, 9.17) is 9.47 Å². The first-order valence-corrected chi connectivity index (χ1v) is 7.12. The predicted molar refractivity (Wildman–Crippen MR) is 83.7 cm³/mol. The Hall–Kier alpha value is -3.03. The van der Waals surface area contributed by atoms with Crippen LogP contribution in [0.15, 0.2) is 30.4 Å². The molecule has 24 heavy (non-hydrogen) atoms. The molecular formula is C16H17NO7. The molecule has 1 unspecified atom stereocenters. The average molecular weight is 335 g/mol. The number of ether oxygens (including phenoxy) is 2. The lowest BCUT2D eigenvalue weighted by molar-refractivity contribution is -0.385. The van der Waals surface area contributed by atoms with Crippen molar-refractivity contribution in [1.82, 2.24) is 0 Å². The third-order valence-corrected chi connectivity index (χ3v) is 2.94. The van der Waals surface area contributed by atoms with Crippen LogP contribution < -0.4 is 4.74 Å². The van der Waals surface area contributed by atoms with Crippen LogP contribution in [-0.2, 0) is 14.3 Å². The van der Waals surface area contributed by atoms with E-state index in [1.54, 1.807) is 6.92 Å². The van der Waals surface area contributed by atoms with E-state index in [0.717, 1.165) is 12.1 Å². The minimum absolute atomic E-state index is 0.0697. The van der Waals surface area contributed by atoms with Crippen molar-refractivity contribution in [2.75, 3.05) is 0 Å². The standard InChI is InChI=1S/C16H17NO7/c1-4-5-14(24-15(19)10(2)3)16(20)23-13-7-6-11(9-18)8-12(13)17(21)22/h6-9,14H,2,4-5H2,1,3H3. The van der Waals surface area contributed by atoms with Gasteiger partial charge in [-0.15, -0.1) is 0 Å². The smallest absolute Gasteiger partial charge is 0.353 e. The van der Waals surface area contributed by atoms with Crippen molar-refractivity contribution >= 4 is 23.9 Å². The van der Waals surface area contributed by atoms with Gasteiger partial charge >= 0.3 is 17.6 Å². The number of nitro benzene ring substituents is 1. The van der Waals surface area contributed by atoms with Gasteiger partial charge in [0.2, 0.25) is 5.75 Å². The zero-order valence-electron chi connectivity index (χ0n) is 13.3. The fourth-order valence-corrected chi connectivity index (χ4v) is 1.73. The molecule has 0 fully saturated rings. The molecule has 0 aliphatic carbocycles. The second-order valence-corrected chi connectivity index (χ2v) is 4.99. The lowest BCUT2D eigenvalue weighted by Crippen LogP contribution is -2.31. The van der Waals surface area contributed by atoms with Gasteiger partial charge in [0.05, 0.1) is 4.92 Å². The van der Waals surface area contributed by atoms with Crippen molar-refractivity contribution in [3.63, 3.8) is 0 Å². The van der Waals surface area contributed by atoms with Gasteiger partial charge in [0.15, 0.2) is 6.10 Å². The number of carbonyl (C=O) groups is 3. The van der Waals surface area contributed by atoms with Gasteiger partial charge < -0.3 is 9.47 Å². The average Bonchev–Trinajstić information content (AvgIpc) is 2.54. The van der Waals surface area contributed by atoms with Gasteiger partial charge in [0, 0.05) is 17.2 Å². The molecule has 8 nitrogen and oxygen atoms in total. The fraction of sp³-hybridized carbons (Fsp3) is 0.312.